The molecule has 2 heteroatoms. The van der Waals surface area contributed by atoms with Gasteiger partial charge in [0.05, 0.1) is 12.7 Å². The van der Waals surface area contributed by atoms with Crippen LogP contribution in [0.3, 0.4) is 0 Å². The third-order valence-electron chi connectivity index (χ3n) is 3.70. The van der Waals surface area contributed by atoms with E-state index in [9.17, 15) is 0 Å². The lowest BCUT2D eigenvalue weighted by molar-refractivity contribution is 0.0125. The summed E-state index contributed by atoms with van der Waals surface area (Å²) < 4.78 is 6.10. The molecular weight excluding hydrogens is 210 g/mol. The van der Waals surface area contributed by atoms with Crippen LogP contribution < -0.4 is 5.32 Å². The van der Waals surface area contributed by atoms with Crippen LogP contribution in [0.15, 0.2) is 12.2 Å². The van der Waals surface area contributed by atoms with E-state index in [4.69, 9.17) is 4.74 Å². The maximum atomic E-state index is 6.10. The fourth-order valence-electron chi connectivity index (χ4n) is 2.37. The molecule has 1 N–H and O–H groups in total. The first-order valence-electron chi connectivity index (χ1n) is 7.25. The Balaban J connectivity index is 2.26. The Morgan fingerprint density at radius 3 is 2.71 bits per heavy atom. The van der Waals surface area contributed by atoms with Crippen LogP contribution in [0.1, 0.15) is 46.5 Å². The molecule has 0 fully saturated rings. The molecule has 0 aliphatic heterocycles. The molecule has 2 nitrogen and oxygen atoms in total. The first-order chi connectivity index (χ1) is 8.27. The topological polar surface area (TPSA) is 21.3 Å². The molecule has 3 atom stereocenters. The maximum Gasteiger partial charge on any atom is 0.0699 e. The molecule has 1 aliphatic carbocycles. The molecule has 0 saturated heterocycles. The Morgan fingerprint density at radius 1 is 1.29 bits per heavy atom. The normalized spacial score (nSPS) is 26.1. The van der Waals surface area contributed by atoms with Crippen molar-refractivity contribution in [1.82, 2.24) is 5.32 Å². The Labute approximate surface area is 107 Å². The van der Waals surface area contributed by atoms with E-state index in [1.807, 2.05) is 0 Å². The van der Waals surface area contributed by atoms with Crippen LogP contribution in [0.2, 0.25) is 0 Å². The maximum absolute atomic E-state index is 6.10. The van der Waals surface area contributed by atoms with Crippen LogP contribution in [0.4, 0.5) is 0 Å². The number of rotatable bonds is 8. The molecule has 0 aromatic carbocycles. The molecule has 17 heavy (non-hydrogen) atoms. The summed E-state index contributed by atoms with van der Waals surface area (Å²) >= 11 is 0. The van der Waals surface area contributed by atoms with E-state index in [1.165, 1.54) is 25.7 Å². The number of hydrogen-bond acceptors (Lipinski definition) is 2. The van der Waals surface area contributed by atoms with Crippen molar-refractivity contribution < 1.29 is 4.74 Å². The van der Waals surface area contributed by atoms with Crippen molar-refractivity contribution in [3.05, 3.63) is 12.2 Å². The second kappa shape index (κ2) is 8.71. The van der Waals surface area contributed by atoms with Crippen LogP contribution in [0.25, 0.3) is 0 Å². The minimum atomic E-state index is 0.401. The number of ether oxygens (including phenoxy) is 1. The van der Waals surface area contributed by atoms with E-state index in [2.05, 4.69) is 38.2 Å². The molecule has 0 heterocycles. The largest absolute Gasteiger partial charge is 0.377 e. The van der Waals surface area contributed by atoms with Gasteiger partial charge in [0.2, 0.25) is 0 Å². The van der Waals surface area contributed by atoms with Gasteiger partial charge in [-0.25, -0.2) is 0 Å². The van der Waals surface area contributed by atoms with E-state index < -0.39 is 0 Å². The molecule has 0 aromatic heterocycles. The summed E-state index contributed by atoms with van der Waals surface area (Å²) in [5.41, 5.74) is 0. The molecule has 0 bridgehead atoms. The van der Waals surface area contributed by atoms with Crippen molar-refractivity contribution in [1.29, 1.82) is 0 Å². The van der Waals surface area contributed by atoms with Crippen LogP contribution in [0.5, 0.6) is 0 Å². The van der Waals surface area contributed by atoms with E-state index >= 15 is 0 Å². The smallest absolute Gasteiger partial charge is 0.0699 e. The first kappa shape index (κ1) is 14.7. The van der Waals surface area contributed by atoms with E-state index in [0.717, 1.165) is 31.5 Å². The van der Waals surface area contributed by atoms with Gasteiger partial charge in [-0.2, -0.15) is 0 Å². The molecule has 0 amide bonds. The minimum absolute atomic E-state index is 0.401. The summed E-state index contributed by atoms with van der Waals surface area (Å²) in [6.07, 6.45) is 9.82. The fraction of sp³-hybridized carbons (Fsp3) is 0.867. The lowest BCUT2D eigenvalue weighted by Gasteiger charge is -2.27. The van der Waals surface area contributed by atoms with Gasteiger partial charge in [0, 0.05) is 6.54 Å². The highest BCUT2D eigenvalue weighted by Gasteiger charge is 2.19. The average molecular weight is 239 g/mol. The zero-order valence-corrected chi connectivity index (χ0v) is 11.7. The summed E-state index contributed by atoms with van der Waals surface area (Å²) in [5.74, 6) is 1.50. The average Bonchev–Trinajstić information content (AvgIpc) is 2.34. The van der Waals surface area contributed by atoms with Crippen LogP contribution in [-0.4, -0.2) is 25.8 Å². The van der Waals surface area contributed by atoms with Gasteiger partial charge in [-0.3, -0.25) is 0 Å². The Morgan fingerprint density at radius 2 is 2.06 bits per heavy atom. The van der Waals surface area contributed by atoms with Crippen molar-refractivity contribution in [3.8, 4) is 0 Å². The summed E-state index contributed by atoms with van der Waals surface area (Å²) in [4.78, 5) is 0. The van der Waals surface area contributed by atoms with Crippen LogP contribution >= 0.6 is 0 Å². The van der Waals surface area contributed by atoms with Crippen molar-refractivity contribution in [3.63, 3.8) is 0 Å². The van der Waals surface area contributed by atoms with Gasteiger partial charge >= 0.3 is 0 Å². The molecular formula is C15H29NO. The summed E-state index contributed by atoms with van der Waals surface area (Å²) in [6.45, 7) is 9.69. The molecule has 0 saturated carbocycles. The summed E-state index contributed by atoms with van der Waals surface area (Å²) in [5, 5.41) is 3.39. The zero-order chi connectivity index (χ0) is 12.5. The lowest BCUT2D eigenvalue weighted by Crippen LogP contribution is -2.31. The zero-order valence-electron chi connectivity index (χ0n) is 11.7. The SMILES string of the molecule is CCCC(CNCC)OCC1CC=CCC1C. The third-order valence-corrected chi connectivity index (χ3v) is 3.70. The first-order valence-corrected chi connectivity index (χ1v) is 7.25. The third kappa shape index (κ3) is 5.69. The molecule has 1 rings (SSSR count). The second-order valence-electron chi connectivity index (χ2n) is 5.23. The monoisotopic (exact) mass is 239 g/mol. The molecule has 3 unspecified atom stereocenters. The van der Waals surface area contributed by atoms with E-state index in [0.29, 0.717) is 6.10 Å². The quantitative estimate of drug-likeness (QED) is 0.656. The van der Waals surface area contributed by atoms with Crippen molar-refractivity contribution in [2.75, 3.05) is 19.7 Å². The van der Waals surface area contributed by atoms with Gasteiger partial charge < -0.3 is 10.1 Å². The van der Waals surface area contributed by atoms with E-state index in [1.54, 1.807) is 0 Å². The second-order valence-corrected chi connectivity index (χ2v) is 5.23. The van der Waals surface area contributed by atoms with E-state index in [-0.39, 0.29) is 0 Å². The Hall–Kier alpha value is -0.340. The van der Waals surface area contributed by atoms with Gasteiger partial charge in [-0.05, 0) is 37.6 Å². The van der Waals surface area contributed by atoms with Gasteiger partial charge in [-0.1, -0.05) is 39.3 Å². The molecule has 100 valence electrons. The van der Waals surface area contributed by atoms with Crippen LogP contribution in [-0.2, 0) is 4.74 Å². The van der Waals surface area contributed by atoms with Crippen molar-refractivity contribution in [2.45, 2.75) is 52.6 Å². The Kier molecular flexibility index (Phi) is 7.54. The summed E-state index contributed by atoms with van der Waals surface area (Å²) in [6, 6.07) is 0. The molecule has 0 aromatic rings. The number of allylic oxidation sites excluding steroid dienone is 2. The fourth-order valence-corrected chi connectivity index (χ4v) is 2.37. The van der Waals surface area contributed by atoms with Gasteiger partial charge in [0.25, 0.3) is 0 Å². The minimum Gasteiger partial charge on any atom is -0.377 e. The van der Waals surface area contributed by atoms with Crippen LogP contribution in [0, 0.1) is 11.8 Å². The molecule has 0 radical (unpaired) electrons. The molecule has 1 aliphatic rings. The highest BCUT2D eigenvalue weighted by molar-refractivity contribution is 4.93. The van der Waals surface area contributed by atoms with Gasteiger partial charge in [0.15, 0.2) is 0 Å². The number of hydrogen-bond donors (Lipinski definition) is 1. The highest BCUT2D eigenvalue weighted by Crippen LogP contribution is 2.25. The highest BCUT2D eigenvalue weighted by atomic mass is 16.5. The van der Waals surface area contributed by atoms with Crippen molar-refractivity contribution in [2.24, 2.45) is 11.8 Å². The predicted octanol–water partition coefficient (Wildman–Crippen LogP) is 3.38. The number of nitrogens with one attached hydrogen (secondary N) is 1. The number of likely N-dealkylation sites (N-methyl/N-ethyl adjacent to an activating group) is 1. The van der Waals surface area contributed by atoms with Gasteiger partial charge in [-0.15, -0.1) is 0 Å². The predicted molar refractivity (Wildman–Crippen MR) is 74.2 cm³/mol. The van der Waals surface area contributed by atoms with Gasteiger partial charge in [0.1, 0.15) is 0 Å². The Bertz CT molecular complexity index is 215. The lowest BCUT2D eigenvalue weighted by atomic mass is 9.85. The standard InChI is InChI=1S/C15H29NO/c1-4-8-15(11-16-5-2)17-12-14-10-7-6-9-13(14)3/h6-7,13-16H,4-5,8-12H2,1-3H3. The van der Waals surface area contributed by atoms with Crippen molar-refractivity contribution >= 4 is 0 Å². The molecule has 0 spiro atoms. The summed E-state index contributed by atoms with van der Waals surface area (Å²) in [7, 11) is 0.